The van der Waals surface area contributed by atoms with Gasteiger partial charge in [-0.2, -0.15) is 0 Å². The SMILES string of the molecule is CC(C)[Si](OCc1nnc(-c2ncc(S(=O)(=O)c3cccc(OC(F)(F)F)c3)cc2N)o1)(C(C)C)C(C)C. The van der Waals surface area contributed by atoms with Crippen molar-refractivity contribution >= 4 is 23.8 Å². The first-order chi connectivity index (χ1) is 17.6. The lowest BCUT2D eigenvalue weighted by Gasteiger charge is -2.41. The summed E-state index contributed by atoms with van der Waals surface area (Å²) in [4.78, 5) is 3.34. The van der Waals surface area contributed by atoms with Gasteiger partial charge < -0.3 is 19.3 Å². The molecule has 0 aliphatic carbocycles. The lowest BCUT2D eigenvalue weighted by atomic mass is 10.3. The summed E-state index contributed by atoms with van der Waals surface area (Å²) in [5.41, 5.74) is 7.13. The second-order valence-electron chi connectivity index (χ2n) is 9.74. The number of anilines is 1. The summed E-state index contributed by atoms with van der Waals surface area (Å²) < 4.78 is 79.6. The molecule has 208 valence electrons. The molecule has 2 aromatic heterocycles. The van der Waals surface area contributed by atoms with Gasteiger partial charge in [-0.3, -0.25) is 0 Å². The third kappa shape index (κ3) is 6.18. The second kappa shape index (κ2) is 11.0. The number of hydrogen-bond acceptors (Lipinski definition) is 9. The molecule has 0 atom stereocenters. The molecule has 2 N–H and O–H groups in total. The average molecular weight is 573 g/mol. The van der Waals surface area contributed by atoms with Crippen molar-refractivity contribution in [1.82, 2.24) is 15.2 Å². The number of ether oxygens (including phenoxy) is 1. The van der Waals surface area contributed by atoms with E-state index in [0.29, 0.717) is 16.6 Å². The van der Waals surface area contributed by atoms with E-state index < -0.39 is 35.2 Å². The molecule has 0 radical (unpaired) electrons. The summed E-state index contributed by atoms with van der Waals surface area (Å²) in [6, 6.07) is 5.17. The molecule has 0 aliphatic rings. The number of benzene rings is 1. The van der Waals surface area contributed by atoms with Crippen LogP contribution in [0.15, 0.2) is 50.7 Å². The van der Waals surface area contributed by atoms with E-state index in [4.69, 9.17) is 14.6 Å². The zero-order valence-electron chi connectivity index (χ0n) is 21.9. The average Bonchev–Trinajstić information content (AvgIpc) is 3.26. The van der Waals surface area contributed by atoms with E-state index in [-0.39, 0.29) is 34.7 Å². The summed E-state index contributed by atoms with van der Waals surface area (Å²) in [5.74, 6) is -0.453. The van der Waals surface area contributed by atoms with E-state index >= 15 is 0 Å². The summed E-state index contributed by atoms with van der Waals surface area (Å²) in [6.07, 6.45) is -3.95. The quantitative estimate of drug-likeness (QED) is 0.285. The minimum absolute atomic E-state index is 0.0171. The van der Waals surface area contributed by atoms with E-state index in [1.54, 1.807) is 0 Å². The Morgan fingerprint density at radius 1 is 1.00 bits per heavy atom. The first kappa shape index (κ1) is 29.6. The number of alkyl halides is 3. The molecule has 0 amide bonds. The van der Waals surface area contributed by atoms with Crippen molar-refractivity contribution in [2.24, 2.45) is 0 Å². The van der Waals surface area contributed by atoms with Gasteiger partial charge in [-0.25, -0.2) is 13.4 Å². The largest absolute Gasteiger partial charge is 0.573 e. The van der Waals surface area contributed by atoms with Gasteiger partial charge in [0.05, 0.1) is 15.5 Å². The molecule has 0 saturated carbocycles. The maximum absolute atomic E-state index is 13.0. The maximum Gasteiger partial charge on any atom is 0.573 e. The Bertz CT molecular complexity index is 1360. The van der Waals surface area contributed by atoms with Gasteiger partial charge in [0.2, 0.25) is 24.0 Å². The monoisotopic (exact) mass is 572 g/mol. The zero-order valence-corrected chi connectivity index (χ0v) is 23.7. The molecule has 0 unspecified atom stereocenters. The molecule has 14 heteroatoms. The highest BCUT2D eigenvalue weighted by atomic mass is 32.2. The Hall–Kier alpha value is -2.97. The Balaban J connectivity index is 1.84. The van der Waals surface area contributed by atoms with Crippen LogP contribution in [0.2, 0.25) is 16.6 Å². The van der Waals surface area contributed by atoms with Crippen molar-refractivity contribution in [2.75, 3.05) is 5.73 Å². The van der Waals surface area contributed by atoms with Crippen LogP contribution in [0.3, 0.4) is 0 Å². The normalized spacial score (nSPS) is 13.1. The van der Waals surface area contributed by atoms with E-state index in [0.717, 1.165) is 36.5 Å². The molecule has 9 nitrogen and oxygen atoms in total. The number of nitrogens with zero attached hydrogens (tertiary/aromatic N) is 3. The number of rotatable bonds is 10. The van der Waals surface area contributed by atoms with Crippen LogP contribution in [-0.2, 0) is 20.9 Å². The Kier molecular flexibility index (Phi) is 8.58. The molecule has 2 heterocycles. The van der Waals surface area contributed by atoms with E-state index in [1.165, 1.54) is 0 Å². The van der Waals surface area contributed by atoms with Gasteiger partial charge in [-0.1, -0.05) is 47.6 Å². The molecule has 3 rings (SSSR count). The van der Waals surface area contributed by atoms with Crippen LogP contribution in [0, 0.1) is 0 Å². The zero-order chi connectivity index (χ0) is 28.5. The molecule has 0 fully saturated rings. The fourth-order valence-corrected chi connectivity index (χ4v) is 11.5. The lowest BCUT2D eigenvalue weighted by Crippen LogP contribution is -2.47. The van der Waals surface area contributed by atoms with E-state index in [9.17, 15) is 21.6 Å². The van der Waals surface area contributed by atoms with Crippen LogP contribution in [0.5, 0.6) is 5.75 Å². The van der Waals surface area contributed by atoms with Crippen LogP contribution in [0.1, 0.15) is 47.4 Å². The number of pyridine rings is 1. The number of sulfone groups is 1. The molecule has 3 aromatic rings. The van der Waals surface area contributed by atoms with Gasteiger partial charge in [0, 0.05) is 6.20 Å². The van der Waals surface area contributed by atoms with Crippen molar-refractivity contribution in [1.29, 1.82) is 0 Å². The molecule has 0 aliphatic heterocycles. The fourth-order valence-electron chi connectivity index (χ4n) is 4.86. The van der Waals surface area contributed by atoms with Crippen molar-refractivity contribution in [3.8, 4) is 17.3 Å². The van der Waals surface area contributed by atoms with Gasteiger partial charge in [-0.15, -0.1) is 23.4 Å². The van der Waals surface area contributed by atoms with Crippen molar-refractivity contribution in [2.45, 2.75) is 80.9 Å². The van der Waals surface area contributed by atoms with E-state index in [2.05, 4.69) is 61.5 Å². The number of hydrogen-bond donors (Lipinski definition) is 1. The summed E-state index contributed by atoms with van der Waals surface area (Å²) in [5, 5.41) is 8.02. The van der Waals surface area contributed by atoms with Gasteiger partial charge >= 0.3 is 6.36 Å². The molecular weight excluding hydrogens is 541 g/mol. The summed E-state index contributed by atoms with van der Waals surface area (Å²) in [6.45, 7) is 13.1. The molecule has 0 saturated heterocycles. The Labute approximate surface area is 220 Å². The molecular formula is C24H31F3N4O5SSi. The highest BCUT2D eigenvalue weighted by Gasteiger charge is 2.45. The van der Waals surface area contributed by atoms with Gasteiger partial charge in [0.15, 0.2) is 5.69 Å². The summed E-state index contributed by atoms with van der Waals surface area (Å²) in [7, 11) is -6.43. The number of halogens is 3. The van der Waals surface area contributed by atoms with Crippen LogP contribution in [0.25, 0.3) is 11.6 Å². The minimum Gasteiger partial charge on any atom is -0.417 e. The third-order valence-corrected chi connectivity index (χ3v) is 14.2. The Morgan fingerprint density at radius 3 is 2.18 bits per heavy atom. The van der Waals surface area contributed by atoms with Gasteiger partial charge in [0.25, 0.3) is 5.89 Å². The highest BCUT2D eigenvalue weighted by molar-refractivity contribution is 7.91. The van der Waals surface area contributed by atoms with Crippen molar-refractivity contribution in [3.63, 3.8) is 0 Å². The van der Waals surface area contributed by atoms with Crippen LogP contribution in [-0.4, -0.2) is 38.3 Å². The lowest BCUT2D eigenvalue weighted by molar-refractivity contribution is -0.274. The standard InChI is InChI=1S/C24H31F3N4O5SSi/c1-14(2)38(15(3)4,16(5)6)34-13-21-30-31-23(35-21)22-20(28)11-19(12-29-22)37(32,33)18-9-7-8-17(10-18)36-24(25,26)27/h7-12,14-16H,13,28H2,1-6H3. The smallest absolute Gasteiger partial charge is 0.417 e. The molecule has 0 spiro atoms. The topological polar surface area (TPSA) is 130 Å². The first-order valence-corrected chi connectivity index (χ1v) is 15.5. The second-order valence-corrected chi connectivity index (χ2v) is 17.2. The van der Waals surface area contributed by atoms with Crippen LogP contribution >= 0.6 is 0 Å². The van der Waals surface area contributed by atoms with E-state index in [1.807, 2.05) is 0 Å². The van der Waals surface area contributed by atoms with Crippen LogP contribution in [0.4, 0.5) is 18.9 Å². The first-order valence-electron chi connectivity index (χ1n) is 11.9. The highest BCUT2D eigenvalue weighted by Crippen LogP contribution is 2.42. The van der Waals surface area contributed by atoms with Crippen molar-refractivity contribution in [3.05, 3.63) is 42.4 Å². The molecule has 1 aromatic carbocycles. The van der Waals surface area contributed by atoms with Crippen molar-refractivity contribution < 1.29 is 35.2 Å². The fraction of sp³-hybridized carbons (Fsp3) is 0.458. The predicted octanol–water partition coefficient (Wildman–Crippen LogP) is 6.14. The predicted molar refractivity (Wildman–Crippen MR) is 136 cm³/mol. The maximum atomic E-state index is 13.0. The molecule has 0 bridgehead atoms. The van der Waals surface area contributed by atoms with Gasteiger partial charge in [-0.05, 0) is 40.9 Å². The summed E-state index contributed by atoms with van der Waals surface area (Å²) >= 11 is 0. The van der Waals surface area contributed by atoms with Crippen LogP contribution < -0.4 is 10.5 Å². The Morgan fingerprint density at radius 2 is 1.63 bits per heavy atom. The minimum atomic E-state index is -4.97. The molecule has 38 heavy (non-hydrogen) atoms. The number of aromatic nitrogens is 3. The number of nitrogen functional groups attached to an aromatic ring is 1. The third-order valence-electron chi connectivity index (χ3n) is 6.37. The van der Waals surface area contributed by atoms with Gasteiger partial charge in [0.1, 0.15) is 12.4 Å². The number of nitrogens with two attached hydrogens (primary N) is 1.